The van der Waals surface area contributed by atoms with E-state index >= 15 is 0 Å². The summed E-state index contributed by atoms with van der Waals surface area (Å²) in [6.45, 7) is 3.40. The number of nitrogens with one attached hydrogen (secondary N) is 1. The van der Waals surface area contributed by atoms with Crippen LogP contribution in [0.3, 0.4) is 0 Å². The molecule has 1 aromatic heterocycles. The minimum atomic E-state index is -0.668. The summed E-state index contributed by atoms with van der Waals surface area (Å²) in [5, 5.41) is 6.73. The summed E-state index contributed by atoms with van der Waals surface area (Å²) in [4.78, 5) is 38.5. The highest BCUT2D eigenvalue weighted by Crippen LogP contribution is 2.18. The Labute approximate surface area is 144 Å². The molecule has 0 spiro atoms. The second kappa shape index (κ2) is 7.08. The molecular weight excluding hydrogens is 322 g/mol. The third-order valence-electron chi connectivity index (χ3n) is 3.57. The van der Waals surface area contributed by atoms with Crippen molar-refractivity contribution in [3.05, 3.63) is 54.1 Å². The monoisotopic (exact) mass is 339 g/mol. The van der Waals surface area contributed by atoms with Crippen LogP contribution in [0.5, 0.6) is 0 Å². The lowest BCUT2D eigenvalue weighted by molar-refractivity contribution is -0.142. The highest BCUT2D eigenvalue weighted by atomic mass is 16.6. The van der Waals surface area contributed by atoms with Crippen molar-refractivity contribution in [2.75, 3.05) is 5.32 Å². The number of hydrogen-bond donors (Lipinski definition) is 1. The van der Waals surface area contributed by atoms with Crippen molar-refractivity contribution in [3.8, 4) is 0 Å². The fraction of sp³-hybridized carbons (Fsp3) is 0.235. The van der Waals surface area contributed by atoms with Gasteiger partial charge in [-0.15, -0.1) is 0 Å². The number of rotatable bonds is 4. The Morgan fingerprint density at radius 2 is 2.04 bits per heavy atom. The van der Waals surface area contributed by atoms with Gasteiger partial charge in [-0.2, -0.15) is 0 Å². The van der Waals surface area contributed by atoms with Gasteiger partial charge in [-0.05, 0) is 24.6 Å². The predicted octanol–water partition coefficient (Wildman–Crippen LogP) is 1.54. The minimum absolute atomic E-state index is 0.137. The quantitative estimate of drug-likeness (QED) is 0.911. The van der Waals surface area contributed by atoms with Crippen LogP contribution in [-0.4, -0.2) is 38.6 Å². The van der Waals surface area contributed by atoms with Crippen molar-refractivity contribution in [1.82, 2.24) is 14.9 Å². The van der Waals surface area contributed by atoms with Crippen LogP contribution in [-0.2, 0) is 21.0 Å². The molecule has 8 heteroatoms. The molecule has 2 aromatic rings. The standard InChI is InChI=1S/C17H17N5O3/c1-11-17(24)22(16(21-25-11)15-9-18-7-8-19-15)10-13-3-5-14(6-4-13)20-12(2)23/h3-9,11H,10H2,1-2H3,(H,20,23). The molecule has 1 N–H and O–H groups in total. The van der Waals surface area contributed by atoms with Gasteiger partial charge in [0.1, 0.15) is 5.69 Å². The van der Waals surface area contributed by atoms with E-state index in [-0.39, 0.29) is 11.8 Å². The Morgan fingerprint density at radius 3 is 2.68 bits per heavy atom. The molecule has 0 aliphatic carbocycles. The van der Waals surface area contributed by atoms with Crippen LogP contribution in [0.4, 0.5) is 5.69 Å². The molecule has 0 saturated carbocycles. The Morgan fingerprint density at radius 1 is 1.28 bits per heavy atom. The van der Waals surface area contributed by atoms with Crippen LogP contribution in [0, 0.1) is 0 Å². The summed E-state index contributed by atoms with van der Waals surface area (Å²) in [7, 11) is 0. The first kappa shape index (κ1) is 16.6. The van der Waals surface area contributed by atoms with E-state index in [9.17, 15) is 9.59 Å². The van der Waals surface area contributed by atoms with Crippen LogP contribution >= 0.6 is 0 Å². The second-order valence-electron chi connectivity index (χ2n) is 5.56. The van der Waals surface area contributed by atoms with Gasteiger partial charge in [0.25, 0.3) is 5.91 Å². The van der Waals surface area contributed by atoms with Crippen LogP contribution in [0.25, 0.3) is 0 Å². The molecule has 2 heterocycles. The molecule has 3 rings (SSSR count). The number of amides is 2. The smallest absolute Gasteiger partial charge is 0.272 e. The van der Waals surface area contributed by atoms with Crippen molar-refractivity contribution in [2.24, 2.45) is 5.16 Å². The number of benzene rings is 1. The van der Waals surface area contributed by atoms with E-state index in [1.807, 2.05) is 12.1 Å². The van der Waals surface area contributed by atoms with Gasteiger partial charge in [-0.3, -0.25) is 19.5 Å². The fourth-order valence-corrected chi connectivity index (χ4v) is 2.38. The van der Waals surface area contributed by atoms with Gasteiger partial charge in [0.2, 0.25) is 17.8 Å². The van der Waals surface area contributed by atoms with Gasteiger partial charge < -0.3 is 10.2 Å². The van der Waals surface area contributed by atoms with Gasteiger partial charge >= 0.3 is 0 Å². The summed E-state index contributed by atoms with van der Waals surface area (Å²) < 4.78 is 0. The summed E-state index contributed by atoms with van der Waals surface area (Å²) in [5.41, 5.74) is 2.03. The van der Waals surface area contributed by atoms with Crippen LogP contribution in [0.2, 0.25) is 0 Å². The van der Waals surface area contributed by atoms with E-state index < -0.39 is 6.10 Å². The van der Waals surface area contributed by atoms with E-state index in [1.54, 1.807) is 25.3 Å². The lowest BCUT2D eigenvalue weighted by Crippen LogP contribution is -2.46. The molecule has 0 radical (unpaired) electrons. The third kappa shape index (κ3) is 3.79. The average Bonchev–Trinajstić information content (AvgIpc) is 2.61. The molecule has 1 unspecified atom stereocenters. The summed E-state index contributed by atoms with van der Waals surface area (Å²) >= 11 is 0. The topological polar surface area (TPSA) is 96.8 Å². The zero-order valence-corrected chi connectivity index (χ0v) is 13.8. The van der Waals surface area contributed by atoms with E-state index in [0.29, 0.717) is 23.8 Å². The maximum atomic E-state index is 12.5. The molecule has 0 saturated heterocycles. The predicted molar refractivity (Wildman–Crippen MR) is 90.4 cm³/mol. The van der Waals surface area contributed by atoms with Crippen molar-refractivity contribution < 1.29 is 14.4 Å². The fourth-order valence-electron chi connectivity index (χ4n) is 2.38. The number of amidine groups is 1. The van der Waals surface area contributed by atoms with Crippen molar-refractivity contribution in [2.45, 2.75) is 26.5 Å². The zero-order chi connectivity index (χ0) is 17.8. The molecule has 1 aromatic carbocycles. The minimum Gasteiger partial charge on any atom is -0.381 e. The molecular formula is C17H17N5O3. The molecule has 25 heavy (non-hydrogen) atoms. The first-order valence-corrected chi connectivity index (χ1v) is 7.72. The van der Waals surface area contributed by atoms with Crippen LogP contribution in [0.1, 0.15) is 25.1 Å². The van der Waals surface area contributed by atoms with Crippen LogP contribution < -0.4 is 5.32 Å². The van der Waals surface area contributed by atoms with Crippen molar-refractivity contribution >= 4 is 23.3 Å². The van der Waals surface area contributed by atoms with Gasteiger partial charge in [0, 0.05) is 25.0 Å². The van der Waals surface area contributed by atoms with E-state index in [0.717, 1.165) is 5.56 Å². The Balaban J connectivity index is 1.84. The van der Waals surface area contributed by atoms with Gasteiger partial charge in [-0.25, -0.2) is 4.98 Å². The number of hydrogen-bond acceptors (Lipinski definition) is 6. The van der Waals surface area contributed by atoms with Gasteiger partial charge in [0.15, 0.2) is 0 Å². The summed E-state index contributed by atoms with van der Waals surface area (Å²) in [5.74, 6) is -0.0225. The van der Waals surface area contributed by atoms with Gasteiger partial charge in [-0.1, -0.05) is 17.3 Å². The molecule has 1 atom stereocenters. The summed E-state index contributed by atoms with van der Waals surface area (Å²) in [6.07, 6.45) is 3.93. The van der Waals surface area contributed by atoms with Crippen molar-refractivity contribution in [3.63, 3.8) is 0 Å². The van der Waals surface area contributed by atoms with E-state index in [4.69, 9.17) is 4.84 Å². The Kier molecular flexibility index (Phi) is 4.69. The summed E-state index contributed by atoms with van der Waals surface area (Å²) in [6, 6.07) is 7.24. The van der Waals surface area contributed by atoms with Gasteiger partial charge in [0.05, 0.1) is 12.7 Å². The lowest BCUT2D eigenvalue weighted by atomic mass is 10.1. The maximum absolute atomic E-state index is 12.5. The zero-order valence-electron chi connectivity index (χ0n) is 13.8. The number of carbonyl (C=O) groups excluding carboxylic acids is 2. The highest BCUT2D eigenvalue weighted by molar-refractivity contribution is 6.08. The SMILES string of the molecule is CC(=O)Nc1ccc(CN2C(=O)C(C)ON=C2c2cnccn2)cc1. The normalized spacial score (nSPS) is 16.9. The number of nitrogens with zero attached hydrogens (tertiary/aromatic N) is 4. The van der Waals surface area contributed by atoms with Crippen LogP contribution in [0.15, 0.2) is 48.0 Å². The number of oxime groups is 1. The first-order chi connectivity index (χ1) is 12.0. The highest BCUT2D eigenvalue weighted by Gasteiger charge is 2.32. The largest absolute Gasteiger partial charge is 0.381 e. The average molecular weight is 339 g/mol. The third-order valence-corrected chi connectivity index (χ3v) is 3.57. The molecule has 1 aliphatic heterocycles. The van der Waals surface area contributed by atoms with E-state index in [1.165, 1.54) is 24.2 Å². The molecule has 0 bridgehead atoms. The van der Waals surface area contributed by atoms with Crippen molar-refractivity contribution in [1.29, 1.82) is 0 Å². The Hall–Kier alpha value is -3.29. The molecule has 2 amide bonds. The molecule has 8 nitrogen and oxygen atoms in total. The Bertz CT molecular complexity index is 805. The molecule has 0 fully saturated rings. The number of carbonyl (C=O) groups is 2. The molecule has 1 aliphatic rings. The molecule has 128 valence electrons. The maximum Gasteiger partial charge on any atom is 0.272 e. The second-order valence-corrected chi connectivity index (χ2v) is 5.56. The lowest BCUT2D eigenvalue weighted by Gasteiger charge is -2.29. The number of aromatic nitrogens is 2. The first-order valence-electron chi connectivity index (χ1n) is 7.72. The number of anilines is 1. The van der Waals surface area contributed by atoms with E-state index in [2.05, 4.69) is 20.4 Å².